The van der Waals surface area contributed by atoms with Gasteiger partial charge in [-0.1, -0.05) is 0 Å². The van der Waals surface area contributed by atoms with Gasteiger partial charge in [0.05, 0.1) is 31.4 Å². The fourth-order valence-corrected chi connectivity index (χ4v) is 3.40. The average Bonchev–Trinajstić information content (AvgIpc) is 3.60. The monoisotopic (exact) mass is 462 g/mol. The van der Waals surface area contributed by atoms with Crippen LogP contribution in [0, 0.1) is 6.92 Å². The molecule has 2 heterocycles. The zero-order chi connectivity index (χ0) is 23.6. The summed E-state index contributed by atoms with van der Waals surface area (Å²) in [5.74, 6) is 2.03. The number of methoxy groups -OCH3 is 1. The zero-order valence-corrected chi connectivity index (χ0v) is 18.6. The standard InChI is InChI=1S/C23H25F3N4O3/c1-13(15-6-7-27-21(10-15)23(24,25)26)28-22-17-11-20(33-9-8-32-16-4-5-16)19(31-3)12-18(17)29-14(2)30-22/h6-7,10-13,16H,4-5,8-9H2,1-3H3,(H,28,29,30)/t13-/m1/s1. The van der Waals surface area contributed by atoms with Crippen LogP contribution >= 0.6 is 0 Å². The van der Waals surface area contributed by atoms with Crippen LogP contribution in [-0.2, 0) is 10.9 Å². The molecular weight excluding hydrogens is 437 g/mol. The highest BCUT2D eigenvalue weighted by atomic mass is 19.4. The molecule has 1 fully saturated rings. The number of aromatic nitrogens is 3. The van der Waals surface area contributed by atoms with Crippen molar-refractivity contribution in [2.24, 2.45) is 0 Å². The number of hydrogen-bond donors (Lipinski definition) is 1. The number of pyridine rings is 1. The largest absolute Gasteiger partial charge is 0.493 e. The van der Waals surface area contributed by atoms with E-state index in [0.29, 0.717) is 58.9 Å². The molecule has 4 rings (SSSR count). The fraction of sp³-hybridized carbons (Fsp3) is 0.435. The van der Waals surface area contributed by atoms with Gasteiger partial charge in [0.1, 0.15) is 23.9 Å². The van der Waals surface area contributed by atoms with Gasteiger partial charge in [-0.05, 0) is 50.5 Å². The van der Waals surface area contributed by atoms with E-state index >= 15 is 0 Å². The minimum absolute atomic E-state index is 0.340. The van der Waals surface area contributed by atoms with Crippen LogP contribution < -0.4 is 14.8 Å². The third-order valence-electron chi connectivity index (χ3n) is 5.24. The van der Waals surface area contributed by atoms with Crippen molar-refractivity contribution in [3.8, 4) is 11.5 Å². The molecule has 1 aromatic carbocycles. The maximum atomic E-state index is 13.1. The van der Waals surface area contributed by atoms with Gasteiger partial charge in [0.2, 0.25) is 0 Å². The van der Waals surface area contributed by atoms with Gasteiger partial charge >= 0.3 is 6.18 Å². The van der Waals surface area contributed by atoms with Gasteiger partial charge in [-0.2, -0.15) is 13.2 Å². The Morgan fingerprint density at radius 1 is 1.12 bits per heavy atom. The number of halogens is 3. The number of hydrogen-bond acceptors (Lipinski definition) is 7. The van der Waals surface area contributed by atoms with Crippen molar-refractivity contribution in [1.29, 1.82) is 0 Å². The Kier molecular flexibility index (Phi) is 6.55. The molecule has 7 nitrogen and oxygen atoms in total. The van der Waals surface area contributed by atoms with E-state index in [0.717, 1.165) is 25.1 Å². The van der Waals surface area contributed by atoms with Gasteiger partial charge in [-0.15, -0.1) is 0 Å². The first-order chi connectivity index (χ1) is 15.7. The summed E-state index contributed by atoms with van der Waals surface area (Å²) in [4.78, 5) is 12.4. The van der Waals surface area contributed by atoms with Crippen LogP contribution in [0.3, 0.4) is 0 Å². The molecule has 0 bridgehead atoms. The predicted octanol–water partition coefficient (Wildman–Crippen LogP) is 5.09. The first kappa shape index (κ1) is 23.0. The number of anilines is 1. The quantitative estimate of drug-likeness (QED) is 0.444. The smallest absolute Gasteiger partial charge is 0.433 e. The first-order valence-corrected chi connectivity index (χ1v) is 10.6. The molecule has 0 unspecified atom stereocenters. The lowest BCUT2D eigenvalue weighted by molar-refractivity contribution is -0.141. The Morgan fingerprint density at radius 2 is 1.91 bits per heavy atom. The molecule has 0 spiro atoms. The van der Waals surface area contributed by atoms with Crippen LogP contribution in [0.25, 0.3) is 10.9 Å². The number of fused-ring (bicyclic) bond motifs is 1. The number of ether oxygens (including phenoxy) is 3. The van der Waals surface area contributed by atoms with Crippen molar-refractivity contribution in [2.45, 2.75) is 45.0 Å². The van der Waals surface area contributed by atoms with E-state index in [2.05, 4.69) is 20.3 Å². The maximum Gasteiger partial charge on any atom is 0.433 e. The number of benzene rings is 1. The van der Waals surface area contributed by atoms with Gasteiger partial charge in [-0.25, -0.2) is 9.97 Å². The Bertz CT molecular complexity index is 1140. The molecule has 2 aromatic heterocycles. The minimum Gasteiger partial charge on any atom is -0.493 e. The number of nitrogens with one attached hydrogen (secondary N) is 1. The molecule has 1 atom stereocenters. The lowest BCUT2D eigenvalue weighted by Gasteiger charge is -2.19. The highest BCUT2D eigenvalue weighted by Crippen LogP contribution is 2.36. The van der Waals surface area contributed by atoms with Crippen molar-refractivity contribution in [1.82, 2.24) is 15.0 Å². The third-order valence-corrected chi connectivity index (χ3v) is 5.24. The molecule has 1 saturated carbocycles. The topological polar surface area (TPSA) is 78.4 Å². The first-order valence-electron chi connectivity index (χ1n) is 10.6. The maximum absolute atomic E-state index is 13.1. The second-order valence-electron chi connectivity index (χ2n) is 7.90. The summed E-state index contributed by atoms with van der Waals surface area (Å²) in [6.45, 7) is 4.34. The van der Waals surface area contributed by atoms with E-state index < -0.39 is 17.9 Å². The SMILES string of the molecule is COc1cc2nc(C)nc(N[C@H](C)c3ccnc(C(F)(F)F)c3)c2cc1OCCOC1CC1. The Labute approximate surface area is 189 Å². The van der Waals surface area contributed by atoms with Crippen molar-refractivity contribution in [3.05, 3.63) is 47.5 Å². The number of alkyl halides is 3. The van der Waals surface area contributed by atoms with Crippen molar-refractivity contribution < 1.29 is 27.4 Å². The Hall–Kier alpha value is -3.14. The van der Waals surface area contributed by atoms with Crippen LogP contribution in [0.5, 0.6) is 11.5 Å². The van der Waals surface area contributed by atoms with Crippen molar-refractivity contribution in [2.75, 3.05) is 25.6 Å². The molecule has 10 heteroatoms. The van der Waals surface area contributed by atoms with E-state index in [1.165, 1.54) is 0 Å². The van der Waals surface area contributed by atoms with Gasteiger partial charge < -0.3 is 19.5 Å². The van der Waals surface area contributed by atoms with Crippen LogP contribution in [0.4, 0.5) is 19.0 Å². The number of nitrogens with zero attached hydrogens (tertiary/aromatic N) is 3. The van der Waals surface area contributed by atoms with E-state index in [1.807, 2.05) is 0 Å². The second kappa shape index (κ2) is 9.38. The summed E-state index contributed by atoms with van der Waals surface area (Å²) in [6, 6.07) is 5.63. The van der Waals surface area contributed by atoms with E-state index in [4.69, 9.17) is 14.2 Å². The van der Waals surface area contributed by atoms with Crippen LogP contribution in [0.1, 0.15) is 42.9 Å². The minimum atomic E-state index is -4.51. The summed E-state index contributed by atoms with van der Waals surface area (Å²) in [5, 5.41) is 3.87. The predicted molar refractivity (Wildman–Crippen MR) is 117 cm³/mol. The van der Waals surface area contributed by atoms with Crippen molar-refractivity contribution in [3.63, 3.8) is 0 Å². The second-order valence-corrected chi connectivity index (χ2v) is 7.90. The highest BCUT2D eigenvalue weighted by Gasteiger charge is 2.32. The third kappa shape index (κ3) is 5.62. The Balaban J connectivity index is 1.61. The van der Waals surface area contributed by atoms with Crippen LogP contribution in [0.15, 0.2) is 30.5 Å². The summed E-state index contributed by atoms with van der Waals surface area (Å²) in [7, 11) is 1.55. The number of rotatable bonds is 9. The summed E-state index contributed by atoms with van der Waals surface area (Å²) >= 11 is 0. The summed E-state index contributed by atoms with van der Waals surface area (Å²) in [5.41, 5.74) is 0.122. The molecule has 1 aliphatic carbocycles. The average molecular weight is 462 g/mol. The molecule has 33 heavy (non-hydrogen) atoms. The summed E-state index contributed by atoms with van der Waals surface area (Å²) in [6.07, 6.45) is -0.844. The van der Waals surface area contributed by atoms with Gasteiger partial charge in [0.25, 0.3) is 0 Å². The highest BCUT2D eigenvalue weighted by molar-refractivity contribution is 5.92. The molecule has 0 saturated heterocycles. The van der Waals surface area contributed by atoms with Crippen LogP contribution in [-0.4, -0.2) is 41.4 Å². The normalized spacial score (nSPS) is 14.8. The fourth-order valence-electron chi connectivity index (χ4n) is 3.40. The Morgan fingerprint density at radius 3 is 2.61 bits per heavy atom. The van der Waals surface area contributed by atoms with Gasteiger partial charge in [0.15, 0.2) is 11.5 Å². The molecule has 3 aromatic rings. The zero-order valence-electron chi connectivity index (χ0n) is 18.6. The van der Waals surface area contributed by atoms with E-state index in [9.17, 15) is 13.2 Å². The molecule has 0 amide bonds. The van der Waals surface area contributed by atoms with Gasteiger partial charge in [0, 0.05) is 17.6 Å². The lowest BCUT2D eigenvalue weighted by Crippen LogP contribution is -2.13. The summed E-state index contributed by atoms with van der Waals surface area (Å²) < 4.78 is 56.2. The van der Waals surface area contributed by atoms with Gasteiger partial charge in [-0.3, -0.25) is 4.98 Å². The van der Waals surface area contributed by atoms with E-state index in [-0.39, 0.29) is 0 Å². The molecule has 0 radical (unpaired) electrons. The molecule has 1 N–H and O–H groups in total. The lowest BCUT2D eigenvalue weighted by atomic mass is 10.1. The van der Waals surface area contributed by atoms with Crippen LogP contribution in [0.2, 0.25) is 0 Å². The number of aryl methyl sites for hydroxylation is 1. The van der Waals surface area contributed by atoms with E-state index in [1.54, 1.807) is 39.2 Å². The molecule has 1 aliphatic rings. The molecular formula is C23H25F3N4O3. The molecule has 0 aliphatic heterocycles. The molecule has 176 valence electrons. The van der Waals surface area contributed by atoms with Crippen molar-refractivity contribution >= 4 is 16.7 Å².